The lowest BCUT2D eigenvalue weighted by molar-refractivity contribution is -0.137. The number of hydrogen-bond donors (Lipinski definition) is 1. The molecule has 3 rings (SSSR count). The number of anilines is 1. The minimum absolute atomic E-state index is 0.0817. The van der Waals surface area contributed by atoms with E-state index in [2.05, 4.69) is 10.3 Å². The number of rotatable bonds is 6. The van der Waals surface area contributed by atoms with E-state index in [0.29, 0.717) is 28.9 Å². The van der Waals surface area contributed by atoms with Gasteiger partial charge in [0.1, 0.15) is 0 Å². The van der Waals surface area contributed by atoms with Gasteiger partial charge in [0.15, 0.2) is 11.6 Å². The molecule has 0 radical (unpaired) electrons. The van der Waals surface area contributed by atoms with Crippen LogP contribution in [0.5, 0.6) is 5.75 Å². The van der Waals surface area contributed by atoms with E-state index in [-0.39, 0.29) is 11.3 Å². The molecular weight excluding hydrogens is 386 g/mol. The topological polar surface area (TPSA) is 37.4 Å². The summed E-state index contributed by atoms with van der Waals surface area (Å²) in [4.78, 5) is 6.35. The highest BCUT2D eigenvalue weighted by Crippen LogP contribution is 2.35. The SMILES string of the molecule is COc1ccc(-c2cc(NCCN(C)C)c3ccc(C(F)(F)F)cc3n2)cc1F. The van der Waals surface area contributed by atoms with Gasteiger partial charge in [0.05, 0.1) is 23.9 Å². The van der Waals surface area contributed by atoms with Gasteiger partial charge >= 0.3 is 6.18 Å². The molecule has 0 unspecified atom stereocenters. The molecule has 0 bridgehead atoms. The fourth-order valence-electron chi connectivity index (χ4n) is 2.94. The summed E-state index contributed by atoms with van der Waals surface area (Å²) in [5, 5.41) is 3.81. The Morgan fingerprint density at radius 3 is 2.45 bits per heavy atom. The molecule has 0 atom stereocenters. The largest absolute Gasteiger partial charge is 0.494 e. The zero-order chi connectivity index (χ0) is 21.2. The van der Waals surface area contributed by atoms with E-state index >= 15 is 0 Å². The Labute approximate surface area is 166 Å². The van der Waals surface area contributed by atoms with Gasteiger partial charge in [0, 0.05) is 29.7 Å². The van der Waals surface area contributed by atoms with E-state index in [1.165, 1.54) is 25.3 Å². The lowest BCUT2D eigenvalue weighted by Gasteiger charge is -2.16. The van der Waals surface area contributed by atoms with Gasteiger partial charge in [-0.15, -0.1) is 0 Å². The summed E-state index contributed by atoms with van der Waals surface area (Å²) < 4.78 is 58.5. The number of halogens is 4. The lowest BCUT2D eigenvalue weighted by Crippen LogP contribution is -2.21. The van der Waals surface area contributed by atoms with Gasteiger partial charge in [-0.25, -0.2) is 9.37 Å². The molecule has 1 heterocycles. The van der Waals surface area contributed by atoms with Gasteiger partial charge in [0.25, 0.3) is 0 Å². The normalized spacial score (nSPS) is 11.9. The van der Waals surface area contributed by atoms with E-state index in [1.54, 1.807) is 12.1 Å². The molecule has 0 saturated carbocycles. The van der Waals surface area contributed by atoms with Gasteiger partial charge in [-0.05, 0) is 50.5 Å². The van der Waals surface area contributed by atoms with Gasteiger partial charge in [-0.2, -0.15) is 13.2 Å². The van der Waals surface area contributed by atoms with E-state index in [9.17, 15) is 17.6 Å². The number of alkyl halides is 3. The number of benzene rings is 2. The van der Waals surface area contributed by atoms with Crippen LogP contribution in [-0.2, 0) is 6.18 Å². The van der Waals surface area contributed by atoms with E-state index in [0.717, 1.165) is 18.7 Å². The minimum atomic E-state index is -4.48. The molecule has 0 aliphatic rings. The first-order valence-electron chi connectivity index (χ1n) is 8.93. The first kappa shape index (κ1) is 20.9. The first-order valence-corrected chi connectivity index (χ1v) is 8.93. The number of fused-ring (bicyclic) bond motifs is 1. The fourth-order valence-corrected chi connectivity index (χ4v) is 2.94. The van der Waals surface area contributed by atoms with Crippen molar-refractivity contribution in [3.05, 3.63) is 53.8 Å². The van der Waals surface area contributed by atoms with E-state index in [4.69, 9.17) is 4.74 Å². The quantitative estimate of drug-likeness (QED) is 0.581. The monoisotopic (exact) mass is 407 g/mol. The smallest absolute Gasteiger partial charge is 0.416 e. The number of pyridine rings is 1. The van der Waals surface area contributed by atoms with Crippen molar-refractivity contribution in [2.24, 2.45) is 0 Å². The van der Waals surface area contributed by atoms with Crippen molar-refractivity contribution in [1.82, 2.24) is 9.88 Å². The molecule has 0 fully saturated rings. The maximum atomic E-state index is 14.1. The van der Waals surface area contributed by atoms with Crippen molar-refractivity contribution in [1.29, 1.82) is 0 Å². The molecule has 0 aliphatic heterocycles. The highest BCUT2D eigenvalue weighted by molar-refractivity contribution is 5.94. The van der Waals surface area contributed by atoms with Crippen LogP contribution in [0, 0.1) is 5.82 Å². The second-order valence-electron chi connectivity index (χ2n) is 6.86. The van der Waals surface area contributed by atoms with Gasteiger partial charge in [-0.1, -0.05) is 6.07 Å². The number of methoxy groups -OCH3 is 1. The molecule has 0 spiro atoms. The summed E-state index contributed by atoms with van der Waals surface area (Å²) in [5.74, 6) is -0.490. The van der Waals surface area contributed by atoms with Crippen LogP contribution in [0.2, 0.25) is 0 Å². The van der Waals surface area contributed by atoms with Crippen molar-refractivity contribution in [3.63, 3.8) is 0 Å². The summed E-state index contributed by atoms with van der Waals surface area (Å²) in [7, 11) is 5.21. The lowest BCUT2D eigenvalue weighted by atomic mass is 10.1. The predicted molar refractivity (Wildman–Crippen MR) is 106 cm³/mol. The molecule has 8 heteroatoms. The maximum absolute atomic E-state index is 14.1. The summed E-state index contributed by atoms with van der Waals surface area (Å²) >= 11 is 0. The Kier molecular flexibility index (Phi) is 5.93. The number of nitrogens with zero attached hydrogens (tertiary/aromatic N) is 2. The molecule has 2 aromatic carbocycles. The standard InChI is InChI=1S/C21H21F4N3O/c1-28(2)9-8-26-18-12-17(13-4-7-20(29-3)16(22)10-13)27-19-11-14(21(23,24)25)5-6-15(18)19/h4-7,10-12H,8-9H2,1-3H3,(H,26,27). The molecule has 3 aromatic rings. The Morgan fingerprint density at radius 2 is 1.83 bits per heavy atom. The number of ether oxygens (including phenoxy) is 1. The van der Waals surface area contributed by atoms with Crippen LogP contribution in [0.15, 0.2) is 42.5 Å². The molecule has 1 aromatic heterocycles. The highest BCUT2D eigenvalue weighted by atomic mass is 19.4. The highest BCUT2D eigenvalue weighted by Gasteiger charge is 2.30. The van der Waals surface area contributed by atoms with E-state index in [1.807, 2.05) is 19.0 Å². The van der Waals surface area contributed by atoms with Gasteiger partial charge < -0.3 is 15.0 Å². The van der Waals surface area contributed by atoms with Crippen molar-refractivity contribution in [2.45, 2.75) is 6.18 Å². The second-order valence-corrected chi connectivity index (χ2v) is 6.86. The molecule has 29 heavy (non-hydrogen) atoms. The van der Waals surface area contributed by atoms with Crippen LogP contribution in [0.25, 0.3) is 22.2 Å². The molecule has 154 valence electrons. The average molecular weight is 407 g/mol. The third kappa shape index (κ3) is 4.76. The minimum Gasteiger partial charge on any atom is -0.494 e. The Balaban J connectivity index is 2.12. The summed E-state index contributed by atoms with van der Waals surface area (Å²) in [6.45, 7) is 1.32. The number of nitrogens with one attached hydrogen (secondary N) is 1. The summed E-state index contributed by atoms with van der Waals surface area (Å²) in [6, 6.07) is 9.50. The van der Waals surface area contributed by atoms with Crippen LogP contribution < -0.4 is 10.1 Å². The third-order valence-electron chi connectivity index (χ3n) is 4.46. The zero-order valence-corrected chi connectivity index (χ0v) is 16.3. The number of hydrogen-bond acceptors (Lipinski definition) is 4. The predicted octanol–water partition coefficient (Wildman–Crippen LogP) is 5.04. The zero-order valence-electron chi connectivity index (χ0n) is 16.3. The third-order valence-corrected chi connectivity index (χ3v) is 4.46. The molecule has 1 N–H and O–H groups in total. The fraction of sp³-hybridized carbons (Fsp3) is 0.286. The molecular formula is C21H21F4N3O. The Morgan fingerprint density at radius 1 is 1.07 bits per heavy atom. The Bertz CT molecular complexity index is 1020. The number of aromatic nitrogens is 1. The van der Waals surface area contributed by atoms with E-state index < -0.39 is 17.6 Å². The van der Waals surface area contributed by atoms with Crippen LogP contribution in [0.3, 0.4) is 0 Å². The van der Waals surface area contributed by atoms with Crippen LogP contribution in [-0.4, -0.2) is 44.2 Å². The van der Waals surface area contributed by atoms with Crippen molar-refractivity contribution >= 4 is 16.6 Å². The van der Waals surface area contributed by atoms with Crippen LogP contribution in [0.4, 0.5) is 23.2 Å². The molecule has 0 saturated heterocycles. The Hall–Kier alpha value is -2.87. The maximum Gasteiger partial charge on any atom is 0.416 e. The average Bonchev–Trinajstić information content (AvgIpc) is 2.66. The molecule has 4 nitrogen and oxygen atoms in total. The van der Waals surface area contributed by atoms with Crippen molar-refractivity contribution in [3.8, 4) is 17.0 Å². The molecule has 0 amide bonds. The molecule has 0 aliphatic carbocycles. The van der Waals surface area contributed by atoms with Gasteiger partial charge in [-0.3, -0.25) is 0 Å². The first-order chi connectivity index (χ1) is 13.7. The summed E-state index contributed by atoms with van der Waals surface area (Å²) in [5.41, 5.74) is 0.844. The second kappa shape index (κ2) is 8.24. The summed E-state index contributed by atoms with van der Waals surface area (Å²) in [6.07, 6.45) is -4.48. The van der Waals surface area contributed by atoms with Gasteiger partial charge in [0.2, 0.25) is 0 Å². The van der Waals surface area contributed by atoms with Crippen molar-refractivity contribution in [2.75, 3.05) is 39.6 Å². The van der Waals surface area contributed by atoms with Crippen LogP contribution >= 0.6 is 0 Å². The van der Waals surface area contributed by atoms with Crippen LogP contribution in [0.1, 0.15) is 5.56 Å². The number of likely N-dealkylation sites (N-methyl/N-ethyl adjacent to an activating group) is 1. The van der Waals surface area contributed by atoms with Crippen molar-refractivity contribution < 1.29 is 22.3 Å².